The first-order chi connectivity index (χ1) is 10.7. The molecule has 2 aromatic rings. The third kappa shape index (κ3) is 4.86. The maximum Gasteiger partial charge on any atom is 0.237 e. The summed E-state index contributed by atoms with van der Waals surface area (Å²) >= 11 is 0. The highest BCUT2D eigenvalue weighted by Gasteiger charge is 2.12. The lowest BCUT2D eigenvalue weighted by molar-refractivity contribution is -0.122. The number of rotatable bonds is 7. The highest BCUT2D eigenvalue weighted by molar-refractivity contribution is 5.81. The van der Waals surface area contributed by atoms with E-state index in [1.807, 2.05) is 49.4 Å². The van der Waals surface area contributed by atoms with Gasteiger partial charge in [0.25, 0.3) is 0 Å². The van der Waals surface area contributed by atoms with E-state index in [2.05, 4.69) is 15.6 Å². The van der Waals surface area contributed by atoms with Crippen molar-refractivity contribution in [3.8, 4) is 5.88 Å². The van der Waals surface area contributed by atoms with Crippen molar-refractivity contribution in [2.75, 3.05) is 7.11 Å². The number of ether oxygens (including phenoxy) is 1. The van der Waals surface area contributed by atoms with Gasteiger partial charge < -0.3 is 15.4 Å². The predicted octanol–water partition coefficient (Wildman–Crippen LogP) is 1.88. The summed E-state index contributed by atoms with van der Waals surface area (Å²) in [6, 6.07) is 15.1. The molecule has 0 aliphatic carbocycles. The van der Waals surface area contributed by atoms with Crippen molar-refractivity contribution in [2.24, 2.45) is 0 Å². The number of carbonyl (C=O) groups is 1. The summed E-state index contributed by atoms with van der Waals surface area (Å²) in [5, 5.41) is 6.07. The largest absolute Gasteiger partial charge is 0.481 e. The van der Waals surface area contributed by atoms with Crippen LogP contribution < -0.4 is 15.4 Å². The van der Waals surface area contributed by atoms with Gasteiger partial charge in [0.15, 0.2) is 0 Å². The Hall–Kier alpha value is -2.40. The Kier molecular flexibility index (Phi) is 5.91. The van der Waals surface area contributed by atoms with Gasteiger partial charge in [0.2, 0.25) is 11.8 Å². The Labute approximate surface area is 130 Å². The fourth-order valence-electron chi connectivity index (χ4n) is 1.96. The first kappa shape index (κ1) is 16.0. The molecule has 1 atom stereocenters. The average Bonchev–Trinajstić information content (AvgIpc) is 2.58. The Morgan fingerprint density at radius 1 is 1.14 bits per heavy atom. The number of nitrogens with zero attached hydrogens (tertiary/aromatic N) is 1. The van der Waals surface area contributed by atoms with Crippen molar-refractivity contribution in [3.05, 3.63) is 59.8 Å². The molecule has 5 nitrogen and oxygen atoms in total. The number of hydrogen-bond donors (Lipinski definition) is 2. The minimum absolute atomic E-state index is 0.0354. The van der Waals surface area contributed by atoms with E-state index in [0.29, 0.717) is 19.0 Å². The van der Waals surface area contributed by atoms with Crippen molar-refractivity contribution in [2.45, 2.75) is 26.1 Å². The maximum absolute atomic E-state index is 12.0. The lowest BCUT2D eigenvalue weighted by Crippen LogP contribution is -2.41. The van der Waals surface area contributed by atoms with Crippen molar-refractivity contribution in [1.82, 2.24) is 15.6 Å². The molecule has 116 valence electrons. The van der Waals surface area contributed by atoms with Crippen LogP contribution >= 0.6 is 0 Å². The Morgan fingerprint density at radius 3 is 2.64 bits per heavy atom. The molecule has 0 bridgehead atoms. The van der Waals surface area contributed by atoms with Gasteiger partial charge in [0.1, 0.15) is 0 Å². The van der Waals surface area contributed by atoms with Gasteiger partial charge in [0.05, 0.1) is 18.8 Å². The van der Waals surface area contributed by atoms with Gasteiger partial charge in [-0.15, -0.1) is 0 Å². The zero-order chi connectivity index (χ0) is 15.8. The third-order valence-electron chi connectivity index (χ3n) is 3.28. The number of carbonyl (C=O) groups excluding carboxylic acids is 1. The molecule has 0 saturated heterocycles. The first-order valence-corrected chi connectivity index (χ1v) is 7.24. The highest BCUT2D eigenvalue weighted by atomic mass is 16.5. The van der Waals surface area contributed by atoms with Gasteiger partial charge in [-0.2, -0.15) is 0 Å². The SMILES string of the molecule is COc1cccc(CNC(C)C(=O)NCc2ccccc2)n1. The molecule has 0 fully saturated rings. The van der Waals surface area contributed by atoms with E-state index in [1.165, 1.54) is 0 Å². The summed E-state index contributed by atoms with van der Waals surface area (Å²) < 4.78 is 5.08. The van der Waals surface area contributed by atoms with Crippen molar-refractivity contribution in [1.29, 1.82) is 0 Å². The van der Waals surface area contributed by atoms with E-state index in [-0.39, 0.29) is 11.9 Å². The average molecular weight is 299 g/mol. The van der Waals surface area contributed by atoms with Crippen LogP contribution in [0.3, 0.4) is 0 Å². The van der Waals surface area contributed by atoms with Gasteiger partial charge in [-0.25, -0.2) is 4.98 Å². The molecule has 0 aliphatic rings. The molecule has 5 heteroatoms. The summed E-state index contributed by atoms with van der Waals surface area (Å²) in [7, 11) is 1.58. The monoisotopic (exact) mass is 299 g/mol. The number of amides is 1. The number of hydrogen-bond acceptors (Lipinski definition) is 4. The van der Waals surface area contributed by atoms with Crippen LogP contribution in [0.5, 0.6) is 5.88 Å². The van der Waals surface area contributed by atoms with Gasteiger partial charge in [-0.3, -0.25) is 4.79 Å². The lowest BCUT2D eigenvalue weighted by Gasteiger charge is -2.14. The Morgan fingerprint density at radius 2 is 1.91 bits per heavy atom. The third-order valence-corrected chi connectivity index (χ3v) is 3.28. The normalized spacial score (nSPS) is 11.7. The first-order valence-electron chi connectivity index (χ1n) is 7.24. The van der Waals surface area contributed by atoms with Crippen molar-refractivity contribution < 1.29 is 9.53 Å². The highest BCUT2D eigenvalue weighted by Crippen LogP contribution is 2.06. The van der Waals surface area contributed by atoms with Crippen molar-refractivity contribution >= 4 is 5.91 Å². The molecule has 2 rings (SSSR count). The summed E-state index contributed by atoms with van der Waals surface area (Å²) in [6.07, 6.45) is 0. The van der Waals surface area contributed by atoms with Gasteiger partial charge in [0, 0.05) is 19.2 Å². The van der Waals surface area contributed by atoms with E-state index in [4.69, 9.17) is 4.74 Å². The smallest absolute Gasteiger partial charge is 0.237 e. The zero-order valence-corrected chi connectivity index (χ0v) is 12.9. The van der Waals surface area contributed by atoms with E-state index >= 15 is 0 Å². The fraction of sp³-hybridized carbons (Fsp3) is 0.294. The van der Waals surface area contributed by atoms with Crippen LogP contribution in [0.15, 0.2) is 48.5 Å². The maximum atomic E-state index is 12.0. The standard InChI is InChI=1S/C17H21N3O2/c1-13(17(21)19-11-14-7-4-3-5-8-14)18-12-15-9-6-10-16(20-15)22-2/h3-10,13,18H,11-12H2,1-2H3,(H,19,21). The summed E-state index contributed by atoms with van der Waals surface area (Å²) in [4.78, 5) is 16.3. The van der Waals surface area contributed by atoms with E-state index in [0.717, 1.165) is 11.3 Å². The number of methoxy groups -OCH3 is 1. The second kappa shape index (κ2) is 8.14. The molecule has 1 unspecified atom stereocenters. The van der Waals surface area contributed by atoms with Crippen LogP contribution in [0.25, 0.3) is 0 Å². The number of aromatic nitrogens is 1. The number of nitrogens with one attached hydrogen (secondary N) is 2. The molecule has 1 aromatic heterocycles. The van der Waals surface area contributed by atoms with Gasteiger partial charge in [-0.1, -0.05) is 36.4 Å². The molecule has 2 N–H and O–H groups in total. The molecule has 0 saturated carbocycles. The molecule has 0 radical (unpaired) electrons. The predicted molar refractivity (Wildman–Crippen MR) is 85.4 cm³/mol. The summed E-state index contributed by atoms with van der Waals surface area (Å²) in [5.41, 5.74) is 1.92. The topological polar surface area (TPSA) is 63.2 Å². The van der Waals surface area contributed by atoms with Crippen LogP contribution in [0, 0.1) is 0 Å². The Bertz CT molecular complexity index is 602. The minimum atomic E-state index is -0.295. The van der Waals surface area contributed by atoms with Crippen LogP contribution in [0.4, 0.5) is 0 Å². The number of pyridine rings is 1. The molecular formula is C17H21N3O2. The molecule has 1 heterocycles. The molecule has 0 aliphatic heterocycles. The minimum Gasteiger partial charge on any atom is -0.481 e. The Balaban J connectivity index is 1.78. The van der Waals surface area contributed by atoms with Crippen molar-refractivity contribution in [3.63, 3.8) is 0 Å². The van der Waals surface area contributed by atoms with E-state index < -0.39 is 0 Å². The zero-order valence-electron chi connectivity index (χ0n) is 12.9. The fourth-order valence-corrected chi connectivity index (χ4v) is 1.96. The molecular weight excluding hydrogens is 278 g/mol. The van der Waals surface area contributed by atoms with E-state index in [9.17, 15) is 4.79 Å². The quantitative estimate of drug-likeness (QED) is 0.819. The van der Waals surface area contributed by atoms with Crippen LogP contribution in [-0.4, -0.2) is 24.0 Å². The molecule has 22 heavy (non-hydrogen) atoms. The van der Waals surface area contributed by atoms with E-state index in [1.54, 1.807) is 13.2 Å². The van der Waals surface area contributed by atoms with Gasteiger partial charge in [-0.05, 0) is 18.6 Å². The summed E-state index contributed by atoms with van der Waals surface area (Å²) in [5.74, 6) is 0.534. The van der Waals surface area contributed by atoms with Crippen LogP contribution in [-0.2, 0) is 17.9 Å². The number of benzene rings is 1. The molecule has 0 spiro atoms. The van der Waals surface area contributed by atoms with Crippen LogP contribution in [0.2, 0.25) is 0 Å². The lowest BCUT2D eigenvalue weighted by atomic mass is 10.2. The second-order valence-corrected chi connectivity index (χ2v) is 4.98. The van der Waals surface area contributed by atoms with Gasteiger partial charge >= 0.3 is 0 Å². The van der Waals surface area contributed by atoms with Crippen LogP contribution in [0.1, 0.15) is 18.2 Å². The molecule has 1 amide bonds. The summed E-state index contributed by atoms with van der Waals surface area (Å²) in [6.45, 7) is 2.88. The second-order valence-electron chi connectivity index (χ2n) is 4.98. The molecule has 1 aromatic carbocycles.